The largest absolute Gasteiger partial charge is 0.348 e. The van der Waals surface area contributed by atoms with Crippen molar-refractivity contribution in [2.75, 3.05) is 13.1 Å². The lowest BCUT2D eigenvalue weighted by Crippen LogP contribution is -2.44. The van der Waals surface area contributed by atoms with Crippen molar-refractivity contribution >= 4 is 11.8 Å². The molecule has 1 N–H and O–H groups in total. The third-order valence-corrected chi connectivity index (χ3v) is 5.41. The number of nitrogens with one attached hydrogen (secondary N) is 1. The smallest absolute Gasteiger partial charge is 0.274 e. The number of carbonyl (C=O) groups excluding carboxylic acids is 2. The van der Waals surface area contributed by atoms with Crippen LogP contribution in [0.3, 0.4) is 0 Å². The summed E-state index contributed by atoms with van der Waals surface area (Å²) < 4.78 is 1.50. The fourth-order valence-corrected chi connectivity index (χ4v) is 3.49. The van der Waals surface area contributed by atoms with Crippen molar-refractivity contribution in [3.05, 3.63) is 17.5 Å². The number of hydrogen-bond donors (Lipinski definition) is 1. The summed E-state index contributed by atoms with van der Waals surface area (Å²) in [5, 5.41) is 7.38. The van der Waals surface area contributed by atoms with Crippen molar-refractivity contribution in [3.63, 3.8) is 0 Å². The van der Waals surface area contributed by atoms with Gasteiger partial charge in [-0.25, -0.2) is 0 Å². The molecule has 2 rings (SSSR count). The SMILES string of the molecule is CCN(CC)C(=O)c1cc(C(=O)N[C@H]2CCC[C@H](C)[C@@H]2C)n(C)n1. The van der Waals surface area contributed by atoms with Gasteiger partial charge in [0.25, 0.3) is 11.8 Å². The van der Waals surface area contributed by atoms with Crippen LogP contribution in [0, 0.1) is 11.8 Å². The van der Waals surface area contributed by atoms with E-state index in [0.29, 0.717) is 36.3 Å². The Hall–Kier alpha value is -1.85. The number of rotatable bonds is 5. The third kappa shape index (κ3) is 3.79. The lowest BCUT2D eigenvalue weighted by molar-refractivity contribution is 0.0766. The molecule has 1 aromatic heterocycles. The average molecular weight is 334 g/mol. The summed E-state index contributed by atoms with van der Waals surface area (Å²) in [6.07, 6.45) is 3.38. The molecule has 1 fully saturated rings. The Balaban J connectivity index is 2.11. The molecule has 6 heteroatoms. The molecule has 6 nitrogen and oxygen atoms in total. The molecule has 1 aromatic rings. The van der Waals surface area contributed by atoms with Crippen molar-refractivity contribution < 1.29 is 9.59 Å². The van der Waals surface area contributed by atoms with Crippen LogP contribution in [0.1, 0.15) is 67.9 Å². The molecule has 0 spiro atoms. The topological polar surface area (TPSA) is 67.2 Å². The van der Waals surface area contributed by atoms with E-state index in [1.165, 1.54) is 11.1 Å². The van der Waals surface area contributed by atoms with Gasteiger partial charge in [-0.15, -0.1) is 0 Å². The first-order valence-electron chi connectivity index (χ1n) is 9.03. The maximum atomic E-state index is 12.6. The number of amides is 2. The minimum Gasteiger partial charge on any atom is -0.348 e. The summed E-state index contributed by atoms with van der Waals surface area (Å²) in [6.45, 7) is 9.57. The first kappa shape index (κ1) is 18.5. The zero-order valence-electron chi connectivity index (χ0n) is 15.5. The summed E-state index contributed by atoms with van der Waals surface area (Å²) >= 11 is 0. The van der Waals surface area contributed by atoms with E-state index in [1.807, 2.05) is 13.8 Å². The Bertz CT molecular complexity index is 592. The molecule has 0 aromatic carbocycles. The van der Waals surface area contributed by atoms with Crippen molar-refractivity contribution in [1.82, 2.24) is 20.0 Å². The number of hydrogen-bond acceptors (Lipinski definition) is 3. The van der Waals surface area contributed by atoms with Gasteiger partial charge in [0, 0.05) is 32.2 Å². The van der Waals surface area contributed by atoms with Crippen LogP contribution in [0.4, 0.5) is 0 Å². The average Bonchev–Trinajstić information content (AvgIpc) is 2.95. The fourth-order valence-electron chi connectivity index (χ4n) is 3.49. The lowest BCUT2D eigenvalue weighted by Gasteiger charge is -2.34. The minimum absolute atomic E-state index is 0.130. The maximum Gasteiger partial charge on any atom is 0.274 e. The molecular formula is C18H30N4O2. The number of aryl methyl sites for hydroxylation is 1. The van der Waals surface area contributed by atoms with Crippen LogP contribution in [0.15, 0.2) is 6.07 Å². The minimum atomic E-state index is -0.144. The zero-order valence-corrected chi connectivity index (χ0v) is 15.5. The van der Waals surface area contributed by atoms with Crippen LogP contribution in [0.5, 0.6) is 0 Å². The van der Waals surface area contributed by atoms with E-state index in [9.17, 15) is 9.59 Å². The van der Waals surface area contributed by atoms with E-state index in [-0.39, 0.29) is 17.9 Å². The van der Waals surface area contributed by atoms with Crippen LogP contribution in [-0.2, 0) is 7.05 Å². The molecule has 0 radical (unpaired) electrons. The summed E-state index contributed by atoms with van der Waals surface area (Å²) in [6, 6.07) is 1.80. The summed E-state index contributed by atoms with van der Waals surface area (Å²) in [5.41, 5.74) is 0.771. The van der Waals surface area contributed by atoms with Gasteiger partial charge in [-0.1, -0.05) is 26.7 Å². The van der Waals surface area contributed by atoms with E-state index in [1.54, 1.807) is 18.0 Å². The van der Waals surface area contributed by atoms with Crippen molar-refractivity contribution in [2.24, 2.45) is 18.9 Å². The summed E-state index contributed by atoms with van der Waals surface area (Å²) in [5.74, 6) is 0.812. The number of aromatic nitrogens is 2. The van der Waals surface area contributed by atoms with Gasteiger partial charge in [0.05, 0.1) is 0 Å². The first-order chi connectivity index (χ1) is 11.4. The molecule has 1 aliphatic carbocycles. The van der Waals surface area contributed by atoms with Gasteiger partial charge < -0.3 is 10.2 Å². The summed E-state index contributed by atoms with van der Waals surface area (Å²) in [4.78, 5) is 26.7. The highest BCUT2D eigenvalue weighted by Crippen LogP contribution is 2.29. The molecule has 24 heavy (non-hydrogen) atoms. The quantitative estimate of drug-likeness (QED) is 0.899. The number of nitrogens with zero attached hydrogens (tertiary/aromatic N) is 3. The molecule has 1 saturated carbocycles. The Morgan fingerprint density at radius 3 is 2.58 bits per heavy atom. The molecule has 0 aliphatic heterocycles. The predicted molar refractivity (Wildman–Crippen MR) is 93.9 cm³/mol. The Morgan fingerprint density at radius 1 is 1.29 bits per heavy atom. The maximum absolute atomic E-state index is 12.6. The lowest BCUT2D eigenvalue weighted by atomic mass is 9.78. The second kappa shape index (κ2) is 7.81. The van der Waals surface area contributed by atoms with Gasteiger partial charge in [0.15, 0.2) is 5.69 Å². The predicted octanol–water partition coefficient (Wildman–Crippen LogP) is 2.46. The normalized spacial score (nSPS) is 23.8. The molecule has 2 amide bonds. The molecule has 0 unspecified atom stereocenters. The van der Waals surface area contributed by atoms with E-state index in [4.69, 9.17) is 0 Å². The van der Waals surface area contributed by atoms with E-state index in [2.05, 4.69) is 24.3 Å². The van der Waals surface area contributed by atoms with Gasteiger partial charge in [0.1, 0.15) is 5.69 Å². The van der Waals surface area contributed by atoms with Crippen LogP contribution in [-0.4, -0.2) is 45.6 Å². The Labute approximate surface area is 144 Å². The fraction of sp³-hybridized carbons (Fsp3) is 0.722. The standard InChI is InChI=1S/C18H30N4O2/c1-6-22(7-2)18(24)15-11-16(21(5)20-15)17(23)19-14-10-8-9-12(3)13(14)4/h11-14H,6-10H2,1-5H3,(H,19,23)/t12-,13-,14-/m0/s1. The monoisotopic (exact) mass is 334 g/mol. The van der Waals surface area contributed by atoms with Crippen molar-refractivity contribution in [1.29, 1.82) is 0 Å². The van der Waals surface area contributed by atoms with Crippen molar-refractivity contribution in [3.8, 4) is 0 Å². The van der Waals surface area contributed by atoms with Gasteiger partial charge in [-0.2, -0.15) is 5.10 Å². The van der Waals surface area contributed by atoms with Crippen LogP contribution < -0.4 is 5.32 Å². The summed E-state index contributed by atoms with van der Waals surface area (Å²) in [7, 11) is 1.71. The highest BCUT2D eigenvalue weighted by molar-refractivity contribution is 5.98. The van der Waals surface area contributed by atoms with Gasteiger partial charge in [-0.3, -0.25) is 14.3 Å². The Kier molecular flexibility index (Phi) is 6.02. The molecule has 134 valence electrons. The first-order valence-corrected chi connectivity index (χ1v) is 9.03. The van der Waals surface area contributed by atoms with Crippen molar-refractivity contribution in [2.45, 2.75) is 53.0 Å². The third-order valence-electron chi connectivity index (χ3n) is 5.41. The van der Waals surface area contributed by atoms with E-state index >= 15 is 0 Å². The molecule has 0 bridgehead atoms. The molecule has 3 atom stereocenters. The Morgan fingerprint density at radius 2 is 1.96 bits per heavy atom. The van der Waals surface area contributed by atoms with Crippen LogP contribution >= 0.6 is 0 Å². The number of carbonyl (C=O) groups is 2. The highest BCUT2D eigenvalue weighted by atomic mass is 16.2. The molecule has 0 saturated heterocycles. The zero-order chi connectivity index (χ0) is 17.9. The molecule has 1 heterocycles. The van der Waals surface area contributed by atoms with Gasteiger partial charge in [-0.05, 0) is 32.1 Å². The second-order valence-electron chi connectivity index (χ2n) is 6.86. The second-order valence-corrected chi connectivity index (χ2v) is 6.86. The van der Waals surface area contributed by atoms with E-state index < -0.39 is 0 Å². The van der Waals surface area contributed by atoms with E-state index in [0.717, 1.165) is 12.8 Å². The van der Waals surface area contributed by atoms with Gasteiger partial charge >= 0.3 is 0 Å². The van der Waals surface area contributed by atoms with Crippen LogP contribution in [0.25, 0.3) is 0 Å². The van der Waals surface area contributed by atoms with Crippen LogP contribution in [0.2, 0.25) is 0 Å². The molecule has 1 aliphatic rings. The highest BCUT2D eigenvalue weighted by Gasteiger charge is 2.29. The van der Waals surface area contributed by atoms with Gasteiger partial charge in [0.2, 0.25) is 0 Å². The molecular weight excluding hydrogens is 304 g/mol.